The van der Waals surface area contributed by atoms with Crippen LogP contribution in [0, 0.1) is 0 Å². The fourth-order valence-electron chi connectivity index (χ4n) is 5.56. The summed E-state index contributed by atoms with van der Waals surface area (Å²) < 4.78 is 0. The third-order valence-corrected chi connectivity index (χ3v) is 7.05. The summed E-state index contributed by atoms with van der Waals surface area (Å²) in [6, 6.07) is 15.0. The smallest absolute Gasteiger partial charge is 0.251 e. The Balaban J connectivity index is 1.44. The number of hydrogen-bond acceptors (Lipinski definition) is 2. The second-order valence-electron chi connectivity index (χ2n) is 9.11. The number of aromatic nitrogens is 1. The summed E-state index contributed by atoms with van der Waals surface area (Å²) >= 11 is 0. The van der Waals surface area contributed by atoms with Gasteiger partial charge in [-0.1, -0.05) is 37.6 Å². The average Bonchev–Trinajstić information content (AvgIpc) is 3.17. The summed E-state index contributed by atoms with van der Waals surface area (Å²) in [5.41, 5.74) is 6.39. The quantitative estimate of drug-likeness (QED) is 0.654. The van der Waals surface area contributed by atoms with E-state index in [4.69, 9.17) is 0 Å². The van der Waals surface area contributed by atoms with Gasteiger partial charge in [-0.3, -0.25) is 4.79 Å². The predicted octanol–water partition coefficient (Wildman–Crippen LogP) is 4.65. The Morgan fingerprint density at radius 3 is 2.87 bits per heavy atom. The minimum absolute atomic E-state index is 0.0347. The highest BCUT2D eigenvalue weighted by molar-refractivity contribution is 5.94. The van der Waals surface area contributed by atoms with Crippen molar-refractivity contribution in [3.05, 3.63) is 70.9 Å². The third kappa shape index (κ3) is 3.43. The number of carbonyl (C=O) groups is 1. The van der Waals surface area contributed by atoms with Gasteiger partial charge in [-0.2, -0.15) is 0 Å². The lowest BCUT2D eigenvalue weighted by atomic mass is 9.73. The molecular weight excluding hydrogens is 370 g/mol. The van der Waals surface area contributed by atoms with Crippen molar-refractivity contribution in [1.82, 2.24) is 15.2 Å². The first-order chi connectivity index (χ1) is 14.6. The number of H-pyrrole nitrogens is 1. The highest BCUT2D eigenvalue weighted by atomic mass is 16.1. The Morgan fingerprint density at radius 2 is 2.07 bits per heavy atom. The van der Waals surface area contributed by atoms with Crippen molar-refractivity contribution in [2.75, 3.05) is 13.6 Å². The van der Waals surface area contributed by atoms with Gasteiger partial charge < -0.3 is 15.2 Å². The molecule has 3 atom stereocenters. The maximum Gasteiger partial charge on any atom is 0.251 e. The van der Waals surface area contributed by atoms with E-state index in [1.807, 2.05) is 30.3 Å². The molecule has 1 fully saturated rings. The zero-order valence-corrected chi connectivity index (χ0v) is 17.9. The zero-order chi connectivity index (χ0) is 20.7. The molecule has 0 saturated carbocycles. The van der Waals surface area contributed by atoms with E-state index in [9.17, 15) is 4.79 Å². The van der Waals surface area contributed by atoms with Crippen LogP contribution in [-0.4, -0.2) is 41.5 Å². The van der Waals surface area contributed by atoms with Gasteiger partial charge in [-0.25, -0.2) is 0 Å². The molecule has 2 aromatic carbocycles. The zero-order valence-electron chi connectivity index (χ0n) is 17.9. The summed E-state index contributed by atoms with van der Waals surface area (Å²) in [4.78, 5) is 18.8. The maximum atomic E-state index is 12.8. The van der Waals surface area contributed by atoms with Crippen molar-refractivity contribution in [1.29, 1.82) is 0 Å². The van der Waals surface area contributed by atoms with Crippen molar-refractivity contribution < 1.29 is 4.79 Å². The van der Waals surface area contributed by atoms with Crippen molar-refractivity contribution in [3.63, 3.8) is 0 Å². The molecule has 0 unspecified atom stereocenters. The number of aryl methyl sites for hydroxylation is 1. The summed E-state index contributed by atoms with van der Waals surface area (Å²) in [7, 11) is 2.22. The number of unbranched alkanes of at least 4 members (excludes halogenated alkanes) is 1. The normalized spacial score (nSPS) is 23.3. The average molecular weight is 402 g/mol. The molecule has 156 valence electrons. The predicted molar refractivity (Wildman–Crippen MR) is 122 cm³/mol. The first kappa shape index (κ1) is 19.4. The van der Waals surface area contributed by atoms with Crippen molar-refractivity contribution in [2.45, 2.75) is 57.0 Å². The van der Waals surface area contributed by atoms with Gasteiger partial charge in [0.2, 0.25) is 0 Å². The van der Waals surface area contributed by atoms with Crippen LogP contribution >= 0.6 is 0 Å². The number of amides is 1. The number of rotatable bonds is 5. The molecule has 4 heteroatoms. The largest absolute Gasteiger partial charge is 0.361 e. The molecule has 5 rings (SSSR count). The number of carbonyl (C=O) groups excluding carboxylic acids is 1. The molecule has 2 N–H and O–H groups in total. The van der Waals surface area contributed by atoms with Crippen LogP contribution in [0.25, 0.3) is 10.9 Å². The highest BCUT2D eigenvalue weighted by Crippen LogP contribution is 2.43. The molecular formula is C26H31N3O. The molecule has 1 saturated heterocycles. The Kier molecular flexibility index (Phi) is 5.11. The number of fused-ring (bicyclic) bond motifs is 2. The topological polar surface area (TPSA) is 48.1 Å². The van der Waals surface area contributed by atoms with E-state index in [-0.39, 0.29) is 11.9 Å². The first-order valence-corrected chi connectivity index (χ1v) is 11.3. The molecule has 0 radical (unpaired) electrons. The number of likely N-dealkylation sites (tertiary alicyclic amines) is 1. The van der Waals surface area contributed by atoms with Crippen LogP contribution in [0.1, 0.15) is 59.2 Å². The van der Waals surface area contributed by atoms with Crippen LogP contribution < -0.4 is 5.32 Å². The van der Waals surface area contributed by atoms with Gasteiger partial charge in [-0.15, -0.1) is 0 Å². The van der Waals surface area contributed by atoms with Crippen LogP contribution in [-0.2, 0) is 12.8 Å². The Bertz CT molecular complexity index is 1050. The Hall–Kier alpha value is -2.59. The van der Waals surface area contributed by atoms with E-state index in [2.05, 4.69) is 47.5 Å². The van der Waals surface area contributed by atoms with Gasteiger partial charge in [0.1, 0.15) is 0 Å². The number of hydrogen-bond donors (Lipinski definition) is 2. The van der Waals surface area contributed by atoms with Gasteiger partial charge in [0.05, 0.1) is 0 Å². The van der Waals surface area contributed by atoms with Gasteiger partial charge >= 0.3 is 0 Å². The molecule has 0 spiro atoms. The SMILES string of the molecule is CCCCc1cc2c3c(c[nH]c3c1)C[C@@H]1[C@@H]2C[C@@H](NC(=O)c2ccccc2)CN1C. The Morgan fingerprint density at radius 1 is 1.23 bits per heavy atom. The molecule has 4 nitrogen and oxygen atoms in total. The lowest BCUT2D eigenvalue weighted by Gasteiger charge is -2.45. The van der Waals surface area contributed by atoms with Crippen molar-refractivity contribution >= 4 is 16.8 Å². The van der Waals surface area contributed by atoms with E-state index >= 15 is 0 Å². The molecule has 2 heterocycles. The fourth-order valence-corrected chi connectivity index (χ4v) is 5.56. The molecule has 1 aliphatic heterocycles. The van der Waals surface area contributed by atoms with Crippen molar-refractivity contribution in [3.8, 4) is 0 Å². The van der Waals surface area contributed by atoms with Gasteiger partial charge in [0.15, 0.2) is 0 Å². The van der Waals surface area contributed by atoms with E-state index in [0.29, 0.717) is 12.0 Å². The lowest BCUT2D eigenvalue weighted by Crippen LogP contribution is -2.54. The molecule has 1 aromatic heterocycles. The fraction of sp³-hybridized carbons (Fsp3) is 0.423. The summed E-state index contributed by atoms with van der Waals surface area (Å²) in [5, 5.41) is 4.74. The molecule has 3 aromatic rings. The van der Waals surface area contributed by atoms with Crippen LogP contribution in [0.2, 0.25) is 0 Å². The number of aromatic amines is 1. The monoisotopic (exact) mass is 401 g/mol. The van der Waals surface area contributed by atoms with E-state index in [0.717, 1.165) is 31.4 Å². The summed E-state index contributed by atoms with van der Waals surface area (Å²) in [6.07, 6.45) is 7.88. The second-order valence-corrected chi connectivity index (χ2v) is 9.11. The van der Waals surface area contributed by atoms with E-state index < -0.39 is 0 Å². The highest BCUT2D eigenvalue weighted by Gasteiger charge is 2.40. The number of likely N-dealkylation sites (N-methyl/N-ethyl adjacent to an activating group) is 1. The third-order valence-electron chi connectivity index (χ3n) is 7.05. The molecule has 1 aliphatic carbocycles. The summed E-state index contributed by atoms with van der Waals surface area (Å²) in [5.74, 6) is 0.490. The second kappa shape index (κ2) is 7.92. The number of nitrogens with zero attached hydrogens (tertiary/aromatic N) is 1. The number of benzene rings is 2. The van der Waals surface area contributed by atoms with E-state index in [1.165, 1.54) is 40.4 Å². The van der Waals surface area contributed by atoms with Crippen LogP contribution in [0.5, 0.6) is 0 Å². The van der Waals surface area contributed by atoms with Gasteiger partial charge in [0, 0.05) is 47.2 Å². The molecule has 2 aliphatic rings. The minimum Gasteiger partial charge on any atom is -0.361 e. The van der Waals surface area contributed by atoms with Crippen LogP contribution in [0.3, 0.4) is 0 Å². The van der Waals surface area contributed by atoms with Crippen LogP contribution in [0.15, 0.2) is 48.7 Å². The van der Waals surface area contributed by atoms with Crippen LogP contribution in [0.4, 0.5) is 0 Å². The molecule has 30 heavy (non-hydrogen) atoms. The summed E-state index contributed by atoms with van der Waals surface area (Å²) in [6.45, 7) is 3.15. The first-order valence-electron chi connectivity index (χ1n) is 11.3. The lowest BCUT2D eigenvalue weighted by molar-refractivity contribution is 0.0853. The minimum atomic E-state index is 0.0347. The maximum absolute atomic E-state index is 12.8. The number of piperidine rings is 1. The van der Waals surface area contributed by atoms with E-state index in [1.54, 1.807) is 0 Å². The van der Waals surface area contributed by atoms with Gasteiger partial charge in [0.25, 0.3) is 5.91 Å². The standard InChI is InChI=1S/C26H31N3O/c1-3-4-8-17-11-22-21-14-20(28-26(30)18-9-6-5-7-10-18)16-29(2)24(21)13-19-15-27-23(12-17)25(19)22/h5-7,9-12,15,20-21,24,27H,3-4,8,13-14,16H2,1-2H3,(H,28,30)/t20-,21-,24-/m1/s1. The Labute approximate surface area is 178 Å². The van der Waals surface area contributed by atoms with Crippen molar-refractivity contribution in [2.24, 2.45) is 0 Å². The number of nitrogens with one attached hydrogen (secondary N) is 2. The van der Waals surface area contributed by atoms with Gasteiger partial charge in [-0.05, 0) is 67.6 Å². The molecule has 0 bridgehead atoms. The molecule has 1 amide bonds.